The maximum Gasteiger partial charge on any atom is 0.249 e. The lowest BCUT2D eigenvalue weighted by atomic mass is 9.88. The number of rotatable bonds is 0. The minimum absolute atomic E-state index is 0.134. The number of fused-ring (bicyclic) bond motifs is 1. The molecule has 1 nitrogen and oxygen atoms in total. The van der Waals surface area contributed by atoms with Crippen LogP contribution in [0.5, 0.6) is 0 Å². The lowest BCUT2D eigenvalue weighted by Gasteiger charge is -2.16. The van der Waals surface area contributed by atoms with Gasteiger partial charge < -0.3 is 4.85 Å². The Morgan fingerprint density at radius 2 is 2.17 bits per heavy atom. The Hall–Kier alpha value is -1.29. The molecule has 0 spiro atoms. The zero-order valence-electron chi connectivity index (χ0n) is 6.96. The Balaban J connectivity index is 2.45. The molecule has 1 aliphatic rings. The van der Waals surface area contributed by atoms with Gasteiger partial charge in [-0.1, -0.05) is 24.3 Å². The Labute approximate surface area is 72.9 Å². The summed E-state index contributed by atoms with van der Waals surface area (Å²) in [6.45, 7) is 7.05. The highest BCUT2D eigenvalue weighted by atomic mass is 14.7. The minimum atomic E-state index is 0.134. The van der Waals surface area contributed by atoms with Crippen molar-refractivity contribution < 1.29 is 0 Å². The van der Waals surface area contributed by atoms with Gasteiger partial charge in [0.1, 0.15) is 0 Å². The maximum absolute atomic E-state index is 7.05. The van der Waals surface area contributed by atoms with Crippen molar-refractivity contribution in [2.45, 2.75) is 25.3 Å². The van der Waals surface area contributed by atoms with Gasteiger partial charge in [0.15, 0.2) is 0 Å². The van der Waals surface area contributed by atoms with Crippen LogP contribution in [-0.4, -0.2) is 0 Å². The highest BCUT2D eigenvalue weighted by Crippen LogP contribution is 2.31. The molecule has 60 valence electrons. The van der Waals surface area contributed by atoms with Crippen LogP contribution in [0.25, 0.3) is 4.85 Å². The third-order valence-corrected chi connectivity index (χ3v) is 2.49. The first-order valence-electron chi connectivity index (χ1n) is 4.36. The van der Waals surface area contributed by atoms with Crippen molar-refractivity contribution in [3.05, 3.63) is 46.8 Å². The van der Waals surface area contributed by atoms with E-state index in [1.54, 1.807) is 0 Å². The van der Waals surface area contributed by atoms with Gasteiger partial charge in [-0.3, -0.25) is 0 Å². The molecule has 1 aromatic rings. The van der Waals surface area contributed by atoms with Gasteiger partial charge in [-0.05, 0) is 18.4 Å². The van der Waals surface area contributed by atoms with Gasteiger partial charge in [0.25, 0.3) is 0 Å². The molecular formula is C11H11N. The number of benzene rings is 1. The fourth-order valence-electron chi connectivity index (χ4n) is 1.86. The van der Waals surface area contributed by atoms with Crippen molar-refractivity contribution >= 4 is 0 Å². The summed E-state index contributed by atoms with van der Waals surface area (Å²) in [7, 11) is 0. The monoisotopic (exact) mass is 157 g/mol. The summed E-state index contributed by atoms with van der Waals surface area (Å²) >= 11 is 0. The van der Waals surface area contributed by atoms with Crippen molar-refractivity contribution in [3.8, 4) is 0 Å². The lowest BCUT2D eigenvalue weighted by Crippen LogP contribution is -2.05. The van der Waals surface area contributed by atoms with E-state index in [9.17, 15) is 0 Å². The molecule has 0 unspecified atom stereocenters. The second kappa shape index (κ2) is 2.98. The van der Waals surface area contributed by atoms with Crippen molar-refractivity contribution in [3.63, 3.8) is 0 Å². The van der Waals surface area contributed by atoms with E-state index in [0.29, 0.717) is 0 Å². The molecule has 2 rings (SSSR count). The third kappa shape index (κ3) is 1.10. The normalized spacial score (nSPS) is 21.1. The fourth-order valence-corrected chi connectivity index (χ4v) is 1.86. The van der Waals surface area contributed by atoms with Gasteiger partial charge in [-0.25, -0.2) is 6.57 Å². The van der Waals surface area contributed by atoms with E-state index in [1.807, 2.05) is 6.07 Å². The van der Waals surface area contributed by atoms with E-state index in [4.69, 9.17) is 6.57 Å². The molecule has 0 bridgehead atoms. The van der Waals surface area contributed by atoms with Crippen LogP contribution in [0.2, 0.25) is 0 Å². The maximum atomic E-state index is 7.05. The first kappa shape index (κ1) is 7.36. The third-order valence-electron chi connectivity index (χ3n) is 2.49. The molecule has 0 amide bonds. The van der Waals surface area contributed by atoms with Gasteiger partial charge in [0.05, 0.1) is 0 Å². The predicted octanol–water partition coefficient (Wildman–Crippen LogP) is 2.98. The molecular weight excluding hydrogens is 146 g/mol. The number of nitrogens with zero attached hydrogens (tertiary/aromatic N) is 1. The first-order chi connectivity index (χ1) is 5.92. The van der Waals surface area contributed by atoms with E-state index in [0.717, 1.165) is 12.8 Å². The lowest BCUT2D eigenvalue weighted by molar-refractivity contribution is 0.626. The Morgan fingerprint density at radius 3 is 3.00 bits per heavy atom. The Kier molecular flexibility index (Phi) is 1.83. The molecule has 0 heterocycles. The van der Waals surface area contributed by atoms with Crippen LogP contribution < -0.4 is 0 Å². The summed E-state index contributed by atoms with van der Waals surface area (Å²) in [6.07, 6.45) is 3.37. The van der Waals surface area contributed by atoms with Crippen LogP contribution in [0, 0.1) is 6.57 Å². The topological polar surface area (TPSA) is 4.36 Å². The summed E-state index contributed by atoms with van der Waals surface area (Å²) in [4.78, 5) is 3.64. The molecule has 1 heteroatoms. The first-order valence-corrected chi connectivity index (χ1v) is 4.36. The summed E-state index contributed by atoms with van der Waals surface area (Å²) in [5.41, 5.74) is 2.64. The van der Waals surface area contributed by atoms with Gasteiger partial charge >= 0.3 is 0 Å². The highest BCUT2D eigenvalue weighted by Gasteiger charge is 2.22. The second-order valence-electron chi connectivity index (χ2n) is 3.24. The van der Waals surface area contributed by atoms with Crippen LogP contribution in [0.15, 0.2) is 24.3 Å². The molecule has 0 radical (unpaired) electrons. The van der Waals surface area contributed by atoms with Crippen LogP contribution >= 0.6 is 0 Å². The molecule has 1 atom stereocenters. The predicted molar refractivity (Wildman–Crippen MR) is 48.7 cm³/mol. The molecule has 0 fully saturated rings. The SMILES string of the molecule is [C-]#[N+][C@H]1CCCc2ccccc21. The van der Waals surface area contributed by atoms with Crippen molar-refractivity contribution in [2.75, 3.05) is 0 Å². The van der Waals surface area contributed by atoms with Gasteiger partial charge in [0, 0.05) is 12.0 Å². The van der Waals surface area contributed by atoms with E-state index in [-0.39, 0.29) is 6.04 Å². The minimum Gasteiger partial charge on any atom is -0.308 e. The number of aryl methyl sites for hydroxylation is 1. The largest absolute Gasteiger partial charge is 0.308 e. The summed E-state index contributed by atoms with van der Waals surface area (Å²) in [5, 5.41) is 0. The summed E-state index contributed by atoms with van der Waals surface area (Å²) in [5.74, 6) is 0. The van der Waals surface area contributed by atoms with E-state index < -0.39 is 0 Å². The quantitative estimate of drug-likeness (QED) is 0.510. The second-order valence-corrected chi connectivity index (χ2v) is 3.24. The van der Waals surface area contributed by atoms with Crippen LogP contribution in [0.1, 0.15) is 30.0 Å². The smallest absolute Gasteiger partial charge is 0.249 e. The van der Waals surface area contributed by atoms with Crippen molar-refractivity contribution in [2.24, 2.45) is 0 Å². The summed E-state index contributed by atoms with van der Waals surface area (Å²) in [6, 6.07) is 8.46. The van der Waals surface area contributed by atoms with Crippen molar-refractivity contribution in [1.82, 2.24) is 0 Å². The number of hydrogen-bond donors (Lipinski definition) is 0. The van der Waals surface area contributed by atoms with Crippen molar-refractivity contribution in [1.29, 1.82) is 0 Å². The molecule has 0 saturated heterocycles. The average Bonchev–Trinajstić information content (AvgIpc) is 2.17. The number of hydrogen-bond acceptors (Lipinski definition) is 0. The van der Waals surface area contributed by atoms with Gasteiger partial charge in [-0.15, -0.1) is 0 Å². The molecule has 1 aliphatic carbocycles. The van der Waals surface area contributed by atoms with E-state index in [2.05, 4.69) is 23.0 Å². The molecule has 0 N–H and O–H groups in total. The molecule has 0 aromatic heterocycles. The fraction of sp³-hybridized carbons (Fsp3) is 0.364. The zero-order valence-corrected chi connectivity index (χ0v) is 6.96. The Morgan fingerprint density at radius 1 is 1.33 bits per heavy atom. The molecule has 0 aliphatic heterocycles. The van der Waals surface area contributed by atoms with Crippen LogP contribution in [0.3, 0.4) is 0 Å². The standard InChI is InChI=1S/C11H11N/c1-12-11-8-4-6-9-5-2-3-7-10(9)11/h2-3,5,7,11H,4,6,8H2/t11-/m0/s1. The van der Waals surface area contributed by atoms with Crippen LogP contribution in [0.4, 0.5) is 0 Å². The zero-order chi connectivity index (χ0) is 8.39. The molecule has 12 heavy (non-hydrogen) atoms. The van der Waals surface area contributed by atoms with Gasteiger partial charge in [-0.2, -0.15) is 0 Å². The van der Waals surface area contributed by atoms with Gasteiger partial charge in [0.2, 0.25) is 6.04 Å². The highest BCUT2D eigenvalue weighted by molar-refractivity contribution is 5.33. The molecule has 0 saturated carbocycles. The average molecular weight is 157 g/mol. The molecule has 1 aromatic carbocycles. The van der Waals surface area contributed by atoms with E-state index in [1.165, 1.54) is 17.5 Å². The Bertz CT molecular complexity index is 322. The van der Waals surface area contributed by atoms with E-state index >= 15 is 0 Å². The van der Waals surface area contributed by atoms with Crippen LogP contribution in [-0.2, 0) is 6.42 Å². The summed E-state index contributed by atoms with van der Waals surface area (Å²) < 4.78 is 0.